The number of halogens is 1. The van der Waals surface area contributed by atoms with Gasteiger partial charge in [-0.15, -0.1) is 0 Å². The van der Waals surface area contributed by atoms with Gasteiger partial charge < -0.3 is 29.7 Å². The predicted molar refractivity (Wildman–Crippen MR) is 128 cm³/mol. The average Bonchev–Trinajstić information content (AvgIpc) is 3.39. The molecule has 2 aromatic rings. The van der Waals surface area contributed by atoms with Crippen molar-refractivity contribution >= 4 is 17.4 Å². The van der Waals surface area contributed by atoms with E-state index in [1.807, 2.05) is 12.1 Å². The van der Waals surface area contributed by atoms with Crippen molar-refractivity contribution in [1.82, 2.24) is 10.2 Å². The lowest BCUT2D eigenvalue weighted by Gasteiger charge is -2.36. The Kier molecular flexibility index (Phi) is 6.88. The summed E-state index contributed by atoms with van der Waals surface area (Å²) in [5.74, 6) is -1.88. The van der Waals surface area contributed by atoms with Crippen LogP contribution in [0.1, 0.15) is 41.3 Å². The predicted octanol–water partition coefficient (Wildman–Crippen LogP) is 2.30. The molecule has 5 rings (SSSR count). The van der Waals surface area contributed by atoms with Crippen LogP contribution in [-0.4, -0.2) is 73.7 Å². The third kappa shape index (κ3) is 5.11. The first-order chi connectivity index (χ1) is 17.0. The van der Waals surface area contributed by atoms with Gasteiger partial charge in [-0.25, -0.2) is 4.39 Å². The van der Waals surface area contributed by atoms with Crippen LogP contribution in [-0.2, 0) is 4.79 Å². The summed E-state index contributed by atoms with van der Waals surface area (Å²) >= 11 is 0. The number of anilines is 1. The van der Waals surface area contributed by atoms with Crippen LogP contribution in [0.4, 0.5) is 10.1 Å². The molecule has 0 unspecified atom stereocenters. The lowest BCUT2D eigenvalue weighted by molar-refractivity contribution is -0.118. The summed E-state index contributed by atoms with van der Waals surface area (Å²) in [6.45, 7) is 4.52. The first-order valence-corrected chi connectivity index (χ1v) is 12.2. The maximum absolute atomic E-state index is 14.6. The number of carbonyl (C=O) groups is 2. The molecule has 186 valence electrons. The number of nitrogens with one attached hydrogen (secondary N) is 1. The highest BCUT2D eigenvalue weighted by Crippen LogP contribution is 2.36. The Labute approximate surface area is 203 Å². The molecular weight excluding hydrogens is 453 g/mol. The molecular formula is C26H30FN3O5. The fourth-order valence-corrected chi connectivity index (χ4v) is 4.76. The molecule has 2 aromatic carbocycles. The van der Waals surface area contributed by atoms with Crippen molar-refractivity contribution in [1.29, 1.82) is 0 Å². The number of ether oxygens (including phenoxy) is 2. The second-order valence-electron chi connectivity index (χ2n) is 9.28. The van der Waals surface area contributed by atoms with Gasteiger partial charge in [0.1, 0.15) is 19.3 Å². The molecule has 3 aliphatic heterocycles. The van der Waals surface area contributed by atoms with Gasteiger partial charge in [0.2, 0.25) is 5.78 Å². The Morgan fingerprint density at radius 1 is 1.00 bits per heavy atom. The number of aliphatic hydroxyl groups excluding tert-OH is 1. The van der Waals surface area contributed by atoms with Gasteiger partial charge in [0, 0.05) is 30.9 Å². The first kappa shape index (κ1) is 23.6. The maximum Gasteiger partial charge on any atom is 0.292 e. The Morgan fingerprint density at radius 2 is 1.71 bits per heavy atom. The molecule has 0 saturated carbocycles. The number of fused-ring (bicyclic) bond motifs is 1. The van der Waals surface area contributed by atoms with Crippen LogP contribution >= 0.6 is 0 Å². The Balaban J connectivity index is 1.31. The Bertz CT molecular complexity index is 1080. The number of Topliss-reactive ketones (excluding diaryl/α,β-unsaturated/α-hetero) is 1. The zero-order valence-corrected chi connectivity index (χ0v) is 19.5. The van der Waals surface area contributed by atoms with Crippen LogP contribution in [0.15, 0.2) is 36.4 Å². The summed E-state index contributed by atoms with van der Waals surface area (Å²) in [7, 11) is 0. The third-order valence-corrected chi connectivity index (χ3v) is 6.87. The molecule has 35 heavy (non-hydrogen) atoms. The highest BCUT2D eigenvalue weighted by molar-refractivity contribution is 6.42. The van der Waals surface area contributed by atoms with E-state index in [4.69, 9.17) is 9.47 Å². The number of likely N-dealkylation sites (tertiary alicyclic amines) is 1. The van der Waals surface area contributed by atoms with Crippen molar-refractivity contribution in [3.63, 3.8) is 0 Å². The topological polar surface area (TPSA) is 91.3 Å². The Morgan fingerprint density at radius 3 is 2.40 bits per heavy atom. The number of rotatable bonds is 8. The van der Waals surface area contributed by atoms with Crippen LogP contribution in [0.2, 0.25) is 0 Å². The van der Waals surface area contributed by atoms with Gasteiger partial charge in [0.05, 0.1) is 6.04 Å². The summed E-state index contributed by atoms with van der Waals surface area (Å²) in [6.07, 6.45) is 2.08. The largest absolute Gasteiger partial charge is 0.486 e. The number of nitrogens with zero attached hydrogens (tertiary/aromatic N) is 2. The molecule has 0 bridgehead atoms. The van der Waals surface area contributed by atoms with Crippen LogP contribution in [0, 0.1) is 5.82 Å². The molecule has 3 aliphatic rings. The lowest BCUT2D eigenvalue weighted by atomic mass is 9.99. The third-order valence-electron chi connectivity index (χ3n) is 6.87. The van der Waals surface area contributed by atoms with Gasteiger partial charge in [-0.2, -0.15) is 0 Å². The smallest absolute Gasteiger partial charge is 0.292 e. The van der Waals surface area contributed by atoms with E-state index >= 15 is 0 Å². The highest BCUT2D eigenvalue weighted by Gasteiger charge is 2.31. The molecule has 2 fully saturated rings. The SMILES string of the molecule is O=C(N[C@H](CN1CCC1)[C@H](O)c1cc(F)c2c(c1)OCCO2)C(=O)c1ccc(N2CCCC2)cc1. The molecule has 2 saturated heterocycles. The van der Waals surface area contributed by atoms with Gasteiger partial charge in [0.25, 0.3) is 5.91 Å². The summed E-state index contributed by atoms with van der Waals surface area (Å²) in [6, 6.07) is 8.94. The van der Waals surface area contributed by atoms with E-state index in [0.29, 0.717) is 6.54 Å². The van der Waals surface area contributed by atoms with E-state index < -0.39 is 29.7 Å². The minimum absolute atomic E-state index is 0.0167. The minimum Gasteiger partial charge on any atom is -0.486 e. The maximum atomic E-state index is 14.6. The molecule has 9 heteroatoms. The number of hydrogen-bond acceptors (Lipinski definition) is 7. The van der Waals surface area contributed by atoms with Crippen molar-refractivity contribution in [2.45, 2.75) is 31.4 Å². The molecule has 2 N–H and O–H groups in total. The molecule has 8 nitrogen and oxygen atoms in total. The summed E-state index contributed by atoms with van der Waals surface area (Å²) < 4.78 is 25.4. The number of carbonyl (C=O) groups excluding carboxylic acids is 2. The summed E-state index contributed by atoms with van der Waals surface area (Å²) in [5.41, 5.74) is 1.57. The molecule has 0 spiro atoms. The van der Waals surface area contributed by atoms with Gasteiger partial charge >= 0.3 is 0 Å². The van der Waals surface area contributed by atoms with Crippen molar-refractivity contribution in [3.8, 4) is 11.5 Å². The van der Waals surface area contributed by atoms with E-state index in [1.54, 1.807) is 12.1 Å². The molecule has 0 radical (unpaired) electrons. The second kappa shape index (κ2) is 10.2. The van der Waals surface area contributed by atoms with E-state index in [1.165, 1.54) is 12.1 Å². The number of benzene rings is 2. The standard InChI is InChI=1S/C26H30FN3O5/c27-20-14-18(15-22-25(20)35-13-12-34-22)23(31)21(16-29-8-3-9-29)28-26(33)24(32)17-4-6-19(7-5-17)30-10-1-2-11-30/h4-7,14-15,21,23,31H,1-3,8-13,16H2,(H,28,33)/t21-,23-/m1/s1. The van der Waals surface area contributed by atoms with Crippen molar-refractivity contribution in [2.24, 2.45) is 0 Å². The normalized spacial score (nSPS) is 19.1. The fourth-order valence-electron chi connectivity index (χ4n) is 4.76. The van der Waals surface area contributed by atoms with Gasteiger partial charge in [-0.1, -0.05) is 0 Å². The molecule has 0 aromatic heterocycles. The summed E-state index contributed by atoms with van der Waals surface area (Å²) in [5, 5.41) is 13.8. The molecule has 3 heterocycles. The van der Waals surface area contributed by atoms with E-state index in [0.717, 1.165) is 51.1 Å². The highest BCUT2D eigenvalue weighted by atomic mass is 19.1. The quantitative estimate of drug-likeness (QED) is 0.440. The zero-order valence-electron chi connectivity index (χ0n) is 19.5. The number of aliphatic hydroxyl groups is 1. The number of amides is 1. The summed E-state index contributed by atoms with van der Waals surface area (Å²) in [4.78, 5) is 30.1. The van der Waals surface area contributed by atoms with Gasteiger partial charge in [-0.3, -0.25) is 9.59 Å². The average molecular weight is 484 g/mol. The van der Waals surface area contributed by atoms with E-state index in [9.17, 15) is 19.1 Å². The van der Waals surface area contributed by atoms with E-state index in [-0.39, 0.29) is 35.8 Å². The Hall–Kier alpha value is -3.17. The second-order valence-corrected chi connectivity index (χ2v) is 9.28. The molecule has 2 atom stereocenters. The molecule has 0 aliphatic carbocycles. The minimum atomic E-state index is -1.24. The first-order valence-electron chi connectivity index (χ1n) is 12.2. The van der Waals surface area contributed by atoms with E-state index in [2.05, 4.69) is 15.1 Å². The van der Waals surface area contributed by atoms with Crippen LogP contribution < -0.4 is 19.7 Å². The monoisotopic (exact) mass is 483 g/mol. The van der Waals surface area contributed by atoms with Crippen LogP contribution in [0.3, 0.4) is 0 Å². The van der Waals surface area contributed by atoms with Crippen molar-refractivity contribution in [3.05, 3.63) is 53.3 Å². The van der Waals surface area contributed by atoms with Crippen LogP contribution in [0.5, 0.6) is 11.5 Å². The molecule has 1 amide bonds. The number of hydrogen-bond donors (Lipinski definition) is 2. The lowest BCUT2D eigenvalue weighted by Crippen LogP contribution is -2.52. The van der Waals surface area contributed by atoms with Gasteiger partial charge in [0.15, 0.2) is 17.3 Å². The number of ketones is 1. The fraction of sp³-hybridized carbons (Fsp3) is 0.462. The van der Waals surface area contributed by atoms with Crippen LogP contribution in [0.25, 0.3) is 0 Å². The van der Waals surface area contributed by atoms with Gasteiger partial charge in [-0.05, 0) is 74.3 Å². The zero-order chi connectivity index (χ0) is 24.4. The van der Waals surface area contributed by atoms with Crippen molar-refractivity contribution < 1.29 is 28.6 Å². The van der Waals surface area contributed by atoms with Crippen molar-refractivity contribution in [2.75, 3.05) is 50.8 Å².